The molecule has 0 bridgehead atoms. The van der Waals surface area contributed by atoms with E-state index in [4.69, 9.17) is 10.2 Å². The molecule has 0 fully saturated rings. The summed E-state index contributed by atoms with van der Waals surface area (Å²) in [5, 5.41) is 17.6. The van der Waals surface area contributed by atoms with Crippen molar-refractivity contribution in [1.82, 2.24) is 0 Å². The molecular weight excluding hydrogens is 284 g/mol. The summed E-state index contributed by atoms with van der Waals surface area (Å²) in [6.45, 7) is 6.60. The summed E-state index contributed by atoms with van der Waals surface area (Å²) in [6, 6.07) is 7.79. The lowest BCUT2D eigenvalue weighted by molar-refractivity contribution is -0.137. The SMILES string of the molecule is CCN(CC)c1ccc(N(CCC(=O)O)CCC(=O)O)cc1. The zero-order valence-electron chi connectivity index (χ0n) is 13.2. The van der Waals surface area contributed by atoms with Crippen LogP contribution in [0.5, 0.6) is 0 Å². The van der Waals surface area contributed by atoms with Crippen LogP contribution < -0.4 is 9.80 Å². The minimum atomic E-state index is -0.889. The molecule has 6 nitrogen and oxygen atoms in total. The summed E-state index contributed by atoms with van der Waals surface area (Å²) in [5.41, 5.74) is 1.95. The molecule has 0 saturated heterocycles. The van der Waals surface area contributed by atoms with Crippen LogP contribution in [0.3, 0.4) is 0 Å². The summed E-state index contributed by atoms with van der Waals surface area (Å²) >= 11 is 0. The van der Waals surface area contributed by atoms with Gasteiger partial charge in [0, 0.05) is 37.6 Å². The van der Waals surface area contributed by atoms with Crippen molar-refractivity contribution in [2.24, 2.45) is 0 Å². The highest BCUT2D eigenvalue weighted by Gasteiger charge is 2.11. The van der Waals surface area contributed by atoms with Gasteiger partial charge in [-0.2, -0.15) is 0 Å². The van der Waals surface area contributed by atoms with E-state index < -0.39 is 11.9 Å². The van der Waals surface area contributed by atoms with Crippen molar-refractivity contribution >= 4 is 23.3 Å². The summed E-state index contributed by atoms with van der Waals surface area (Å²) in [7, 11) is 0. The van der Waals surface area contributed by atoms with E-state index in [1.54, 1.807) is 4.90 Å². The molecule has 6 heteroatoms. The number of hydrogen-bond donors (Lipinski definition) is 2. The number of carboxylic acids is 2. The lowest BCUT2D eigenvalue weighted by Gasteiger charge is -2.25. The van der Waals surface area contributed by atoms with Crippen molar-refractivity contribution in [2.75, 3.05) is 36.0 Å². The summed E-state index contributed by atoms with van der Waals surface area (Å²) in [6.07, 6.45) is -0.0329. The molecule has 1 rings (SSSR count). The Morgan fingerprint density at radius 1 is 0.818 bits per heavy atom. The van der Waals surface area contributed by atoms with Crippen LogP contribution in [0.4, 0.5) is 11.4 Å². The fourth-order valence-electron chi connectivity index (χ4n) is 2.29. The maximum Gasteiger partial charge on any atom is 0.305 e. The van der Waals surface area contributed by atoms with Crippen LogP contribution in [-0.2, 0) is 9.59 Å². The maximum absolute atomic E-state index is 10.7. The highest BCUT2D eigenvalue weighted by molar-refractivity contribution is 5.69. The van der Waals surface area contributed by atoms with Gasteiger partial charge in [-0.15, -0.1) is 0 Å². The Balaban J connectivity index is 2.83. The topological polar surface area (TPSA) is 81.1 Å². The van der Waals surface area contributed by atoms with E-state index >= 15 is 0 Å². The quantitative estimate of drug-likeness (QED) is 0.690. The van der Waals surface area contributed by atoms with Crippen LogP contribution in [-0.4, -0.2) is 48.3 Å². The standard InChI is InChI=1S/C16H24N2O4/c1-3-17(4-2)13-5-7-14(8-6-13)18(11-9-15(19)20)12-10-16(21)22/h5-8H,3-4,9-12H2,1-2H3,(H,19,20)(H,21,22). The fourth-order valence-corrected chi connectivity index (χ4v) is 2.29. The predicted molar refractivity (Wildman–Crippen MR) is 86.7 cm³/mol. The molecule has 1 aromatic rings. The molecule has 0 spiro atoms. The average Bonchev–Trinajstić information content (AvgIpc) is 2.49. The molecule has 0 saturated carbocycles. The van der Waals surface area contributed by atoms with Gasteiger partial charge in [0.15, 0.2) is 0 Å². The van der Waals surface area contributed by atoms with Crippen molar-refractivity contribution in [1.29, 1.82) is 0 Å². The first kappa shape index (κ1) is 17.8. The monoisotopic (exact) mass is 308 g/mol. The Kier molecular flexibility index (Phi) is 7.22. The van der Waals surface area contributed by atoms with E-state index in [2.05, 4.69) is 18.7 Å². The second-order valence-electron chi connectivity index (χ2n) is 4.96. The number of carboxylic acid groups (broad SMARTS) is 2. The summed E-state index contributed by atoms with van der Waals surface area (Å²) in [4.78, 5) is 25.5. The van der Waals surface area contributed by atoms with Crippen molar-refractivity contribution in [3.63, 3.8) is 0 Å². The van der Waals surface area contributed by atoms with Crippen molar-refractivity contribution in [2.45, 2.75) is 26.7 Å². The number of hydrogen-bond acceptors (Lipinski definition) is 4. The third-order valence-corrected chi connectivity index (χ3v) is 3.53. The molecule has 0 aliphatic rings. The number of benzene rings is 1. The number of rotatable bonds is 10. The van der Waals surface area contributed by atoms with Crippen molar-refractivity contribution < 1.29 is 19.8 Å². The Bertz CT molecular complexity index is 465. The molecule has 0 atom stereocenters. The Morgan fingerprint density at radius 3 is 1.50 bits per heavy atom. The van der Waals surface area contributed by atoms with Gasteiger partial charge in [-0.05, 0) is 38.1 Å². The first-order valence-corrected chi connectivity index (χ1v) is 7.51. The van der Waals surface area contributed by atoms with Gasteiger partial charge in [-0.1, -0.05) is 0 Å². The third-order valence-electron chi connectivity index (χ3n) is 3.53. The minimum absolute atomic E-state index is 0.0165. The largest absolute Gasteiger partial charge is 0.481 e. The van der Waals surface area contributed by atoms with Gasteiger partial charge < -0.3 is 20.0 Å². The molecule has 0 aromatic heterocycles. The molecule has 2 N–H and O–H groups in total. The zero-order valence-corrected chi connectivity index (χ0v) is 13.2. The van der Waals surface area contributed by atoms with Gasteiger partial charge in [0.1, 0.15) is 0 Å². The minimum Gasteiger partial charge on any atom is -0.481 e. The maximum atomic E-state index is 10.7. The second kappa shape index (κ2) is 8.92. The molecule has 0 aliphatic carbocycles. The van der Waals surface area contributed by atoms with Gasteiger partial charge in [-0.25, -0.2) is 0 Å². The van der Waals surface area contributed by atoms with Crippen molar-refractivity contribution in [3.8, 4) is 0 Å². The predicted octanol–water partition coefficient (Wildman–Crippen LogP) is 2.29. The number of aliphatic carboxylic acids is 2. The normalized spacial score (nSPS) is 10.3. The van der Waals surface area contributed by atoms with Crippen LogP contribution in [0, 0.1) is 0 Å². The molecule has 1 aromatic carbocycles. The number of nitrogens with zero attached hydrogens (tertiary/aromatic N) is 2. The first-order chi connectivity index (χ1) is 10.5. The number of anilines is 2. The molecule has 0 amide bonds. The molecule has 0 unspecified atom stereocenters. The summed E-state index contributed by atoms with van der Waals surface area (Å²) in [5.74, 6) is -1.78. The first-order valence-electron chi connectivity index (χ1n) is 7.51. The fraction of sp³-hybridized carbons (Fsp3) is 0.500. The van der Waals surface area contributed by atoms with Crippen LogP contribution in [0.15, 0.2) is 24.3 Å². The highest BCUT2D eigenvalue weighted by Crippen LogP contribution is 2.21. The van der Waals surface area contributed by atoms with Crippen molar-refractivity contribution in [3.05, 3.63) is 24.3 Å². The lowest BCUT2D eigenvalue weighted by Crippen LogP contribution is -2.29. The van der Waals surface area contributed by atoms with E-state index in [9.17, 15) is 9.59 Å². The molecule has 0 radical (unpaired) electrons. The Labute approximate surface area is 131 Å². The molecule has 122 valence electrons. The molecule has 0 aliphatic heterocycles. The second-order valence-corrected chi connectivity index (χ2v) is 4.96. The molecular formula is C16H24N2O4. The third kappa shape index (κ3) is 5.63. The smallest absolute Gasteiger partial charge is 0.305 e. The average molecular weight is 308 g/mol. The van der Waals surface area contributed by atoms with E-state index in [0.717, 1.165) is 24.5 Å². The van der Waals surface area contributed by atoms with Gasteiger partial charge >= 0.3 is 11.9 Å². The number of carbonyl (C=O) groups is 2. The van der Waals surface area contributed by atoms with Crippen LogP contribution in [0.2, 0.25) is 0 Å². The van der Waals surface area contributed by atoms with Gasteiger partial charge in [-0.3, -0.25) is 9.59 Å². The molecule has 22 heavy (non-hydrogen) atoms. The zero-order chi connectivity index (χ0) is 16.5. The van der Waals surface area contributed by atoms with E-state index in [-0.39, 0.29) is 12.8 Å². The van der Waals surface area contributed by atoms with Gasteiger partial charge in [0.25, 0.3) is 0 Å². The lowest BCUT2D eigenvalue weighted by atomic mass is 10.2. The van der Waals surface area contributed by atoms with E-state index in [1.165, 1.54) is 0 Å². The Hall–Kier alpha value is -2.24. The molecule has 0 heterocycles. The van der Waals surface area contributed by atoms with Crippen LogP contribution >= 0.6 is 0 Å². The Morgan fingerprint density at radius 2 is 1.18 bits per heavy atom. The van der Waals surface area contributed by atoms with E-state index in [0.29, 0.717) is 13.1 Å². The van der Waals surface area contributed by atoms with E-state index in [1.807, 2.05) is 24.3 Å². The summed E-state index contributed by atoms with van der Waals surface area (Å²) < 4.78 is 0. The highest BCUT2D eigenvalue weighted by atomic mass is 16.4. The van der Waals surface area contributed by atoms with Crippen LogP contribution in [0.1, 0.15) is 26.7 Å². The van der Waals surface area contributed by atoms with Gasteiger partial charge in [0.05, 0.1) is 12.8 Å². The van der Waals surface area contributed by atoms with Gasteiger partial charge in [0.2, 0.25) is 0 Å². The van der Waals surface area contributed by atoms with Crippen LogP contribution in [0.25, 0.3) is 0 Å².